The highest BCUT2D eigenvalue weighted by Gasteiger charge is 1.88. The maximum Gasteiger partial charge on any atom is -0.0348 e. The van der Waals surface area contributed by atoms with Crippen LogP contribution in [0.1, 0.15) is 58.3 Å². The molecule has 0 aromatic heterocycles. The van der Waals surface area contributed by atoms with Crippen molar-refractivity contribution in [3.05, 3.63) is 37.0 Å². The average Bonchev–Trinajstić information content (AvgIpc) is 2.26. The van der Waals surface area contributed by atoms with Crippen LogP contribution in [0.2, 0.25) is 0 Å². The van der Waals surface area contributed by atoms with Crippen LogP contribution in [0.4, 0.5) is 0 Å². The Morgan fingerprint density at radius 3 is 2.13 bits per heavy atom. The zero-order valence-corrected chi connectivity index (χ0v) is 10.3. The van der Waals surface area contributed by atoms with Gasteiger partial charge in [-0.2, -0.15) is 0 Å². The maximum absolute atomic E-state index is 3.62. The Morgan fingerprint density at radius 2 is 1.47 bits per heavy atom. The van der Waals surface area contributed by atoms with E-state index in [1.807, 2.05) is 12.2 Å². The van der Waals surface area contributed by atoms with E-state index in [2.05, 4.69) is 25.7 Å². The molecule has 0 heteroatoms. The number of unbranched alkanes of at least 4 members (excludes halogenated alkanes) is 7. The third kappa shape index (κ3) is 13.2. The van der Waals surface area contributed by atoms with Gasteiger partial charge in [0.25, 0.3) is 0 Å². The topological polar surface area (TPSA) is 0 Å². The van der Waals surface area contributed by atoms with E-state index < -0.39 is 0 Å². The molecule has 15 heavy (non-hydrogen) atoms. The summed E-state index contributed by atoms with van der Waals surface area (Å²) in [5.41, 5.74) is 0. The second kappa shape index (κ2) is 13.2. The summed E-state index contributed by atoms with van der Waals surface area (Å²) in [6, 6.07) is 0. The van der Waals surface area contributed by atoms with Gasteiger partial charge in [-0.25, -0.2) is 0 Å². The van der Waals surface area contributed by atoms with Crippen molar-refractivity contribution in [1.29, 1.82) is 0 Å². The summed E-state index contributed by atoms with van der Waals surface area (Å²) in [7, 11) is 0. The average molecular weight is 206 g/mol. The fourth-order valence-electron chi connectivity index (χ4n) is 1.54. The molecule has 0 bridgehead atoms. The van der Waals surface area contributed by atoms with Crippen LogP contribution >= 0.6 is 0 Å². The summed E-state index contributed by atoms with van der Waals surface area (Å²) in [6.07, 6.45) is 21.1. The summed E-state index contributed by atoms with van der Waals surface area (Å²) in [4.78, 5) is 0. The van der Waals surface area contributed by atoms with Gasteiger partial charge >= 0.3 is 0 Å². The highest BCUT2D eigenvalue weighted by molar-refractivity contribution is 5.08. The molecule has 0 amide bonds. The maximum atomic E-state index is 3.62. The highest BCUT2D eigenvalue weighted by Crippen LogP contribution is 2.08. The minimum absolute atomic E-state index is 1.22. The third-order valence-corrected chi connectivity index (χ3v) is 2.47. The van der Waals surface area contributed by atoms with Crippen LogP contribution in [-0.4, -0.2) is 0 Å². The second-order valence-electron chi connectivity index (χ2n) is 3.96. The molecule has 0 radical (unpaired) electrons. The predicted molar refractivity (Wildman–Crippen MR) is 71.1 cm³/mol. The van der Waals surface area contributed by atoms with E-state index in [1.54, 1.807) is 6.08 Å². The van der Waals surface area contributed by atoms with Gasteiger partial charge in [0.1, 0.15) is 0 Å². The Bertz CT molecular complexity index is 174. The molecular weight excluding hydrogens is 180 g/mol. The molecule has 0 saturated carbocycles. The quantitative estimate of drug-likeness (QED) is 0.330. The van der Waals surface area contributed by atoms with Gasteiger partial charge in [0, 0.05) is 0 Å². The minimum Gasteiger partial charge on any atom is -0.0991 e. The van der Waals surface area contributed by atoms with Crippen LogP contribution in [-0.2, 0) is 0 Å². The molecule has 0 rings (SSSR count). The monoisotopic (exact) mass is 206 g/mol. The summed E-state index contributed by atoms with van der Waals surface area (Å²) < 4.78 is 0. The SMILES string of the molecule is C=C/C=C/C=CCCCCCCCCC. The fourth-order valence-corrected chi connectivity index (χ4v) is 1.54. The van der Waals surface area contributed by atoms with Gasteiger partial charge in [-0.1, -0.05) is 82.4 Å². The third-order valence-electron chi connectivity index (χ3n) is 2.47. The van der Waals surface area contributed by atoms with Gasteiger partial charge in [-0.3, -0.25) is 0 Å². The van der Waals surface area contributed by atoms with Crippen molar-refractivity contribution in [3.8, 4) is 0 Å². The van der Waals surface area contributed by atoms with Crippen molar-refractivity contribution in [2.75, 3.05) is 0 Å². The van der Waals surface area contributed by atoms with Crippen LogP contribution in [0.3, 0.4) is 0 Å². The first-order valence-electron chi connectivity index (χ1n) is 6.36. The summed E-state index contributed by atoms with van der Waals surface area (Å²) >= 11 is 0. The fraction of sp³-hybridized carbons (Fsp3) is 0.600. The van der Waals surface area contributed by atoms with E-state index in [0.29, 0.717) is 0 Å². The molecule has 0 aromatic rings. The molecule has 0 fully saturated rings. The normalized spacial score (nSPS) is 11.5. The van der Waals surface area contributed by atoms with Crippen molar-refractivity contribution in [2.45, 2.75) is 58.3 Å². The van der Waals surface area contributed by atoms with Crippen LogP contribution in [0.15, 0.2) is 37.0 Å². The van der Waals surface area contributed by atoms with Crippen molar-refractivity contribution >= 4 is 0 Å². The number of allylic oxidation sites excluding steroid dienone is 5. The van der Waals surface area contributed by atoms with E-state index in [0.717, 1.165) is 0 Å². The lowest BCUT2D eigenvalue weighted by molar-refractivity contribution is 0.592. The zero-order chi connectivity index (χ0) is 11.2. The van der Waals surface area contributed by atoms with Crippen LogP contribution in [0, 0.1) is 0 Å². The van der Waals surface area contributed by atoms with E-state index in [9.17, 15) is 0 Å². The number of rotatable bonds is 10. The Balaban J connectivity index is 3.07. The van der Waals surface area contributed by atoms with Crippen molar-refractivity contribution < 1.29 is 0 Å². The highest BCUT2D eigenvalue weighted by atomic mass is 13.9. The van der Waals surface area contributed by atoms with Crippen molar-refractivity contribution in [2.24, 2.45) is 0 Å². The molecule has 0 N–H and O–H groups in total. The van der Waals surface area contributed by atoms with Crippen LogP contribution in [0.5, 0.6) is 0 Å². The summed E-state index contributed by atoms with van der Waals surface area (Å²) in [5.74, 6) is 0. The summed E-state index contributed by atoms with van der Waals surface area (Å²) in [6.45, 7) is 5.89. The lowest BCUT2D eigenvalue weighted by Gasteiger charge is -1.98. The molecule has 0 spiro atoms. The van der Waals surface area contributed by atoms with Crippen molar-refractivity contribution in [1.82, 2.24) is 0 Å². The molecule has 0 aliphatic carbocycles. The molecular formula is C15H26. The molecule has 0 nitrogen and oxygen atoms in total. The largest absolute Gasteiger partial charge is 0.0991 e. The first-order chi connectivity index (χ1) is 7.41. The van der Waals surface area contributed by atoms with Gasteiger partial charge in [0.2, 0.25) is 0 Å². The number of hydrogen-bond donors (Lipinski definition) is 0. The van der Waals surface area contributed by atoms with E-state index in [1.165, 1.54) is 51.4 Å². The van der Waals surface area contributed by atoms with E-state index in [4.69, 9.17) is 0 Å². The van der Waals surface area contributed by atoms with Crippen molar-refractivity contribution in [3.63, 3.8) is 0 Å². The van der Waals surface area contributed by atoms with Gasteiger partial charge < -0.3 is 0 Å². The van der Waals surface area contributed by atoms with Gasteiger partial charge in [-0.05, 0) is 12.8 Å². The Labute approximate surface area is 95.8 Å². The smallest absolute Gasteiger partial charge is 0.0348 e. The van der Waals surface area contributed by atoms with E-state index in [-0.39, 0.29) is 0 Å². The molecule has 86 valence electrons. The second-order valence-corrected chi connectivity index (χ2v) is 3.96. The van der Waals surface area contributed by atoms with Gasteiger partial charge in [-0.15, -0.1) is 0 Å². The minimum atomic E-state index is 1.22. The first-order valence-corrected chi connectivity index (χ1v) is 6.36. The molecule has 0 aliphatic heterocycles. The van der Waals surface area contributed by atoms with E-state index >= 15 is 0 Å². The Morgan fingerprint density at radius 1 is 0.800 bits per heavy atom. The molecule has 0 atom stereocenters. The molecule has 0 aromatic carbocycles. The van der Waals surface area contributed by atoms with Crippen LogP contribution < -0.4 is 0 Å². The number of hydrogen-bond acceptors (Lipinski definition) is 0. The predicted octanol–water partition coefficient (Wildman–Crippen LogP) is 5.43. The Hall–Kier alpha value is -0.780. The van der Waals surface area contributed by atoms with Crippen LogP contribution in [0.25, 0.3) is 0 Å². The standard InChI is InChI=1S/C15H26/c1-3-5-7-9-11-13-15-14-12-10-8-6-4-2/h3,5,7,9,11H,1,4,6,8,10,12-15H2,2H3/b7-5+,11-9?. The molecule has 0 heterocycles. The lowest BCUT2D eigenvalue weighted by atomic mass is 10.1. The van der Waals surface area contributed by atoms with Gasteiger partial charge in [0.15, 0.2) is 0 Å². The Kier molecular flexibility index (Phi) is 12.5. The van der Waals surface area contributed by atoms with Gasteiger partial charge in [0.05, 0.1) is 0 Å². The zero-order valence-electron chi connectivity index (χ0n) is 10.3. The molecule has 0 unspecified atom stereocenters. The molecule has 0 aliphatic rings. The lowest BCUT2D eigenvalue weighted by Crippen LogP contribution is -1.78. The summed E-state index contributed by atoms with van der Waals surface area (Å²) in [5, 5.41) is 0. The molecule has 0 saturated heterocycles. The first kappa shape index (κ1) is 14.2.